The summed E-state index contributed by atoms with van der Waals surface area (Å²) in [6.07, 6.45) is 0.275. The molecule has 1 heterocycles. The highest BCUT2D eigenvalue weighted by molar-refractivity contribution is 6.18. The molecular formula is C18H19FN4O6. The lowest BCUT2D eigenvalue weighted by Gasteiger charge is -2.21. The van der Waals surface area contributed by atoms with E-state index in [0.29, 0.717) is 12.0 Å². The van der Waals surface area contributed by atoms with Gasteiger partial charge < -0.3 is 20.5 Å². The highest BCUT2D eigenvalue weighted by atomic mass is 19.1. The molecule has 3 amide bonds. The van der Waals surface area contributed by atoms with Crippen molar-refractivity contribution < 1.29 is 28.6 Å². The molecule has 2 atom stereocenters. The zero-order valence-electron chi connectivity index (χ0n) is 15.4. The van der Waals surface area contributed by atoms with Crippen molar-refractivity contribution >= 4 is 18.2 Å². The van der Waals surface area contributed by atoms with Crippen LogP contribution in [0.15, 0.2) is 53.0 Å². The summed E-state index contributed by atoms with van der Waals surface area (Å²) >= 11 is 0. The highest BCUT2D eigenvalue weighted by Crippen LogP contribution is 2.23. The van der Waals surface area contributed by atoms with Gasteiger partial charge in [0.2, 0.25) is 6.41 Å². The molecule has 0 aromatic heterocycles. The number of likely N-dealkylation sites (N-methyl/N-ethyl adjacent to an activating group) is 1. The first-order valence-electron chi connectivity index (χ1n) is 8.44. The lowest BCUT2D eigenvalue weighted by molar-refractivity contribution is -0.126. The van der Waals surface area contributed by atoms with Gasteiger partial charge in [0.15, 0.2) is 6.23 Å². The minimum Gasteiger partial charge on any atom is -0.393 e. The lowest BCUT2D eigenvalue weighted by atomic mass is 10.2. The molecule has 0 fully saturated rings. The van der Waals surface area contributed by atoms with Gasteiger partial charge in [0.05, 0.1) is 6.61 Å². The van der Waals surface area contributed by atoms with Gasteiger partial charge in [-0.2, -0.15) is 0 Å². The molecule has 1 aliphatic heterocycles. The Kier molecular flexibility index (Phi) is 7.69. The molecule has 10 nitrogen and oxygen atoms in total. The van der Waals surface area contributed by atoms with Gasteiger partial charge in [-0.3, -0.25) is 19.3 Å². The molecule has 0 saturated heterocycles. The fourth-order valence-electron chi connectivity index (χ4n) is 2.46. The van der Waals surface area contributed by atoms with Crippen molar-refractivity contribution in [2.24, 2.45) is 5.18 Å². The number of nitroso groups, excluding NO2 is 1. The Labute approximate surface area is 165 Å². The van der Waals surface area contributed by atoms with E-state index >= 15 is 0 Å². The molecule has 0 unspecified atom stereocenters. The van der Waals surface area contributed by atoms with Crippen LogP contribution in [0.2, 0.25) is 0 Å². The summed E-state index contributed by atoms with van der Waals surface area (Å²) in [5.41, 5.74) is 0.0737. The van der Waals surface area contributed by atoms with E-state index in [1.807, 2.05) is 0 Å². The molecule has 0 aliphatic carbocycles. The van der Waals surface area contributed by atoms with E-state index in [9.17, 15) is 28.8 Å². The Morgan fingerprint density at radius 1 is 1.31 bits per heavy atom. The van der Waals surface area contributed by atoms with E-state index in [1.54, 1.807) is 0 Å². The molecule has 0 spiro atoms. The number of nitrogens with zero attached hydrogens (tertiary/aromatic N) is 2. The summed E-state index contributed by atoms with van der Waals surface area (Å²) in [7, 11) is 1.30. The van der Waals surface area contributed by atoms with Crippen LogP contribution in [-0.4, -0.2) is 54.2 Å². The van der Waals surface area contributed by atoms with Crippen molar-refractivity contribution in [2.45, 2.75) is 18.9 Å². The second-order valence-electron chi connectivity index (χ2n) is 5.86. The van der Waals surface area contributed by atoms with Crippen molar-refractivity contribution in [3.63, 3.8) is 0 Å². The summed E-state index contributed by atoms with van der Waals surface area (Å²) < 4.78 is 18.3. The normalized spacial score (nSPS) is 18.6. The molecule has 11 heteroatoms. The Morgan fingerprint density at radius 2 is 2.00 bits per heavy atom. The lowest BCUT2D eigenvalue weighted by Crippen LogP contribution is -2.37. The molecule has 2 rings (SSSR count). The van der Waals surface area contributed by atoms with Gasteiger partial charge in [-0.15, -0.1) is 4.91 Å². The van der Waals surface area contributed by atoms with Crippen molar-refractivity contribution in [3.8, 4) is 0 Å². The molecule has 0 radical (unpaired) electrons. The Morgan fingerprint density at radius 3 is 2.52 bits per heavy atom. The second kappa shape index (κ2) is 10.2. The summed E-state index contributed by atoms with van der Waals surface area (Å²) in [5, 5.41) is 16.7. The van der Waals surface area contributed by atoms with Crippen LogP contribution in [0.4, 0.5) is 4.39 Å². The number of aliphatic hydroxyl groups is 1. The quantitative estimate of drug-likeness (QED) is 0.172. The average Bonchev–Trinajstić information content (AvgIpc) is 3.16. The zero-order valence-corrected chi connectivity index (χ0v) is 15.4. The fraction of sp³-hybridized carbons (Fsp3) is 0.278. The number of hydrogen-bond donors (Lipinski definition) is 3. The minimum absolute atomic E-state index is 0.0141. The molecule has 0 bridgehead atoms. The first-order valence-corrected chi connectivity index (χ1v) is 8.44. The molecule has 29 heavy (non-hydrogen) atoms. The Bertz CT molecular complexity index is 839. The Balaban J connectivity index is 2.19. The third-order valence-corrected chi connectivity index (χ3v) is 3.99. The second-order valence-corrected chi connectivity index (χ2v) is 5.86. The standard InChI is InChI=1S/C18H19FN4O6/c1-20-17(26)13(18(27)21-7-11-2-4-12(19)5-3-11)8-23(10-25)16-6-14(22-28)15(9-24)29-16/h2-6,8,10,15-16,24H,7,9H2,1H3,(H,20,26)(H,21,27)/b13-8+/t15-,16-/m1/s1. The van der Waals surface area contributed by atoms with Crippen LogP contribution in [-0.2, 0) is 25.7 Å². The summed E-state index contributed by atoms with van der Waals surface area (Å²) in [6.45, 7) is -0.523. The monoisotopic (exact) mass is 406 g/mol. The predicted octanol–water partition coefficient (Wildman–Crippen LogP) is -0.102. The largest absolute Gasteiger partial charge is 0.393 e. The predicted molar refractivity (Wildman–Crippen MR) is 97.9 cm³/mol. The van der Waals surface area contributed by atoms with Crippen molar-refractivity contribution in [1.82, 2.24) is 15.5 Å². The van der Waals surface area contributed by atoms with Gasteiger partial charge in [0.1, 0.15) is 23.2 Å². The molecule has 0 saturated carbocycles. The van der Waals surface area contributed by atoms with Crippen LogP contribution in [0.3, 0.4) is 0 Å². The van der Waals surface area contributed by atoms with Crippen LogP contribution in [0.25, 0.3) is 0 Å². The van der Waals surface area contributed by atoms with E-state index < -0.39 is 42.1 Å². The first kappa shape index (κ1) is 21.9. The van der Waals surface area contributed by atoms with Gasteiger partial charge in [-0.05, 0) is 28.9 Å². The third-order valence-electron chi connectivity index (χ3n) is 3.99. The summed E-state index contributed by atoms with van der Waals surface area (Å²) in [4.78, 5) is 47.7. The van der Waals surface area contributed by atoms with Crippen molar-refractivity contribution in [2.75, 3.05) is 13.7 Å². The van der Waals surface area contributed by atoms with E-state index in [1.165, 1.54) is 37.4 Å². The highest BCUT2D eigenvalue weighted by Gasteiger charge is 2.31. The maximum Gasteiger partial charge on any atom is 0.258 e. The Hall–Kier alpha value is -3.44. The van der Waals surface area contributed by atoms with E-state index in [2.05, 4.69) is 15.8 Å². The molecular weight excluding hydrogens is 387 g/mol. The first-order chi connectivity index (χ1) is 13.9. The van der Waals surface area contributed by atoms with E-state index in [4.69, 9.17) is 4.74 Å². The third kappa shape index (κ3) is 5.53. The van der Waals surface area contributed by atoms with Crippen LogP contribution in [0.5, 0.6) is 0 Å². The average molecular weight is 406 g/mol. The van der Waals surface area contributed by atoms with Crippen LogP contribution >= 0.6 is 0 Å². The molecule has 1 aromatic carbocycles. The SMILES string of the molecule is CNC(=O)/C(=C\N(C=O)[C@H]1C=C(N=O)[C@@H](CO)O1)C(=O)NCc1ccc(F)cc1. The maximum atomic E-state index is 13.0. The van der Waals surface area contributed by atoms with Gasteiger partial charge in [-0.1, -0.05) is 12.1 Å². The van der Waals surface area contributed by atoms with Crippen LogP contribution in [0.1, 0.15) is 5.56 Å². The fourth-order valence-corrected chi connectivity index (χ4v) is 2.46. The zero-order chi connectivity index (χ0) is 21.4. The summed E-state index contributed by atoms with van der Waals surface area (Å²) in [5.74, 6) is -2.00. The molecule has 1 aromatic rings. The van der Waals surface area contributed by atoms with Gasteiger partial charge in [0.25, 0.3) is 11.8 Å². The van der Waals surface area contributed by atoms with Crippen molar-refractivity contribution in [1.29, 1.82) is 0 Å². The maximum absolute atomic E-state index is 13.0. The topological polar surface area (TPSA) is 137 Å². The number of aliphatic hydroxyl groups excluding tert-OH is 1. The van der Waals surface area contributed by atoms with Gasteiger partial charge in [-0.25, -0.2) is 4.39 Å². The number of nitrogens with one attached hydrogen (secondary N) is 2. The minimum atomic E-state index is -1.14. The molecule has 1 aliphatic rings. The van der Waals surface area contributed by atoms with Crippen LogP contribution in [0, 0.1) is 10.7 Å². The number of carbonyl (C=O) groups is 3. The number of hydrogen-bond acceptors (Lipinski definition) is 7. The smallest absolute Gasteiger partial charge is 0.258 e. The van der Waals surface area contributed by atoms with Crippen molar-refractivity contribution in [3.05, 3.63) is 64.1 Å². The number of rotatable bonds is 9. The number of halogens is 1. The van der Waals surface area contributed by atoms with Gasteiger partial charge >= 0.3 is 0 Å². The van der Waals surface area contributed by atoms with E-state index in [-0.39, 0.29) is 12.2 Å². The van der Waals surface area contributed by atoms with E-state index in [0.717, 1.165) is 11.1 Å². The number of benzene rings is 1. The number of ether oxygens (including phenoxy) is 1. The molecule has 154 valence electrons. The molecule has 3 N–H and O–H groups in total. The summed E-state index contributed by atoms with van der Waals surface area (Å²) in [6, 6.07) is 5.39. The van der Waals surface area contributed by atoms with Crippen LogP contribution < -0.4 is 10.6 Å². The number of amides is 3. The number of carbonyl (C=O) groups excluding carboxylic acids is 3. The van der Waals surface area contributed by atoms with Gasteiger partial charge in [0, 0.05) is 19.8 Å².